The number of anilines is 1. The second kappa shape index (κ2) is 1.26. The number of nitrogens with one attached hydrogen (secondary N) is 1. The highest BCUT2D eigenvalue weighted by atomic mass is 32.1. The van der Waals surface area contributed by atoms with E-state index in [4.69, 9.17) is 5.73 Å². The molecule has 0 aliphatic heterocycles. The fraction of sp³-hybridized carbons (Fsp3) is 0. The number of hydrogen-bond donors (Lipinski definition) is 1. The maximum absolute atomic E-state index is 5.20. The second-order valence-corrected chi connectivity index (χ2v) is 1.59. The Kier molecular flexibility index (Phi) is 0.759. The van der Waals surface area contributed by atoms with Gasteiger partial charge in [-0.25, -0.2) is 0 Å². The molecule has 0 aliphatic carbocycles. The van der Waals surface area contributed by atoms with Crippen LogP contribution in [0.5, 0.6) is 0 Å². The van der Waals surface area contributed by atoms with Crippen LogP contribution in [-0.4, -0.2) is 0 Å². The number of hydrogen-bond acceptors (Lipinski definition) is 2. The molecule has 6 heavy (non-hydrogen) atoms. The summed E-state index contributed by atoms with van der Waals surface area (Å²) in [5.74, 6) is 0.681. The maximum Gasteiger partial charge on any atom is 0.128 e. The average Bonchev–Trinajstić information content (AvgIpc) is 1.86. The lowest BCUT2D eigenvalue weighted by atomic mass is 10.9. The minimum absolute atomic E-state index is 0.681. The molecule has 3 heteroatoms. The second-order valence-electron chi connectivity index (χ2n) is 0.918. The Morgan fingerprint density at radius 2 is 2.83 bits per heavy atom. The van der Waals surface area contributed by atoms with Gasteiger partial charge in [0.05, 0.1) is 5.51 Å². The number of aromatic nitrogens is 1. The largest absolute Gasteiger partial charge is 0.354 e. The van der Waals surface area contributed by atoms with Crippen molar-refractivity contribution in [2.75, 3.05) is 5.73 Å². The lowest BCUT2D eigenvalue weighted by Gasteiger charge is -1.71. The first-order valence-electron chi connectivity index (χ1n) is 1.52. The molecule has 0 saturated carbocycles. The van der Waals surface area contributed by atoms with Crippen LogP contribution in [0.1, 0.15) is 0 Å². The Bertz CT molecular complexity index is 112. The Morgan fingerprint density at radius 1 is 2.00 bits per heavy atom. The highest BCUT2D eigenvalue weighted by Crippen LogP contribution is 1.92. The smallest absolute Gasteiger partial charge is 0.128 e. The van der Waals surface area contributed by atoms with E-state index in [1.54, 1.807) is 5.38 Å². The molecule has 0 unspecified atom stereocenters. The molecule has 0 spiro atoms. The fourth-order valence-electron chi connectivity index (χ4n) is 0.211. The number of nitrogens with two attached hydrogens (primary N) is 1. The van der Waals surface area contributed by atoms with E-state index >= 15 is 0 Å². The minimum Gasteiger partial charge on any atom is -0.354 e. The number of nitrogen functional groups attached to an aromatic ring is 1. The normalized spacial score (nSPS) is 8.67. The van der Waals surface area contributed by atoms with Crippen LogP contribution in [0.25, 0.3) is 0 Å². The van der Waals surface area contributed by atoms with Crippen LogP contribution in [-0.2, 0) is 0 Å². The molecule has 3 N–H and O–H groups in total. The van der Waals surface area contributed by atoms with Crippen LogP contribution in [0, 0.1) is 5.51 Å². The van der Waals surface area contributed by atoms with E-state index in [-0.39, 0.29) is 0 Å². The van der Waals surface area contributed by atoms with Gasteiger partial charge in [0.15, 0.2) is 0 Å². The lowest BCUT2D eigenvalue weighted by Crippen LogP contribution is -2.02. The van der Waals surface area contributed by atoms with Crippen molar-refractivity contribution in [2.24, 2.45) is 0 Å². The third kappa shape index (κ3) is 0.490. The Hall–Kier alpha value is -0.570. The van der Waals surface area contributed by atoms with Gasteiger partial charge >= 0.3 is 0 Å². The Labute approximate surface area is 39.6 Å². The number of thiazole rings is 1. The monoisotopic (exact) mass is 100 g/mol. The quantitative estimate of drug-likeness (QED) is 0.456. The van der Waals surface area contributed by atoms with Crippen molar-refractivity contribution in [3.8, 4) is 0 Å². The number of aromatic amines is 1. The molecule has 0 atom stereocenters. The highest BCUT2D eigenvalue weighted by Gasteiger charge is 1.71. The summed E-state index contributed by atoms with van der Waals surface area (Å²) in [5.41, 5.74) is 7.92. The Morgan fingerprint density at radius 3 is 3.00 bits per heavy atom. The predicted molar refractivity (Wildman–Crippen MR) is 24.1 cm³/mol. The van der Waals surface area contributed by atoms with Crippen LogP contribution >= 0.6 is 11.3 Å². The van der Waals surface area contributed by atoms with E-state index in [1.807, 2.05) is 0 Å². The molecule has 32 valence electrons. The van der Waals surface area contributed by atoms with E-state index < -0.39 is 0 Å². The third-order valence-electron chi connectivity index (χ3n) is 0.440. The van der Waals surface area contributed by atoms with Crippen molar-refractivity contribution in [1.29, 1.82) is 0 Å². The predicted octanol–water partition coefficient (Wildman–Crippen LogP) is -0.0554. The summed E-state index contributed by atoms with van der Waals surface area (Å²) in [6.45, 7) is 0. The lowest BCUT2D eigenvalue weighted by molar-refractivity contribution is -0.358. The summed E-state index contributed by atoms with van der Waals surface area (Å²) in [4.78, 5) is 2.67. The summed E-state index contributed by atoms with van der Waals surface area (Å²) < 4.78 is 0. The van der Waals surface area contributed by atoms with Crippen LogP contribution < -0.4 is 10.7 Å². The van der Waals surface area contributed by atoms with Crippen LogP contribution in [0.3, 0.4) is 0 Å². The molecule has 0 aliphatic rings. The van der Waals surface area contributed by atoms with Gasteiger partial charge in [-0.2, -0.15) is 0 Å². The van der Waals surface area contributed by atoms with E-state index in [9.17, 15) is 0 Å². The van der Waals surface area contributed by atoms with Gasteiger partial charge < -0.3 is 10.7 Å². The van der Waals surface area contributed by atoms with Crippen molar-refractivity contribution in [3.63, 3.8) is 0 Å². The first kappa shape index (κ1) is 3.61. The van der Waals surface area contributed by atoms with Gasteiger partial charge in [0.25, 0.3) is 0 Å². The van der Waals surface area contributed by atoms with Gasteiger partial charge in [-0.1, -0.05) is 5.38 Å². The molecule has 1 aromatic heterocycles. The van der Waals surface area contributed by atoms with Gasteiger partial charge in [0.1, 0.15) is 5.82 Å². The minimum atomic E-state index is 0.681. The van der Waals surface area contributed by atoms with Crippen molar-refractivity contribution in [2.45, 2.75) is 0 Å². The molecule has 0 bridgehead atoms. The van der Waals surface area contributed by atoms with Crippen molar-refractivity contribution in [3.05, 3.63) is 10.9 Å². The molecule has 1 heterocycles. The van der Waals surface area contributed by atoms with E-state index in [0.717, 1.165) is 0 Å². The molecule has 0 aromatic carbocycles. The first-order chi connectivity index (χ1) is 2.89. The molecule has 2 nitrogen and oxygen atoms in total. The van der Waals surface area contributed by atoms with E-state index in [2.05, 4.69) is 10.5 Å². The summed E-state index contributed by atoms with van der Waals surface area (Å²) >= 11 is 1.43. The summed E-state index contributed by atoms with van der Waals surface area (Å²) in [5, 5.41) is 1.79. The summed E-state index contributed by atoms with van der Waals surface area (Å²) in [6, 6.07) is 0. The Balaban J connectivity index is 3.05. The molecule has 1 rings (SSSR count). The molecular weight excluding hydrogens is 96.1 g/mol. The topological polar surface area (TPSA) is 40.2 Å². The van der Waals surface area contributed by atoms with Gasteiger partial charge in [-0.3, -0.25) is 11.3 Å². The number of rotatable bonds is 0. The standard InChI is InChI=1S/C3H4N2S/c4-3-1-6-2-5-3/h1,5H,4H2. The van der Waals surface area contributed by atoms with Crippen LogP contribution in [0.15, 0.2) is 5.38 Å². The first-order valence-corrected chi connectivity index (χ1v) is 2.40. The average molecular weight is 100 g/mol. The van der Waals surface area contributed by atoms with E-state index in [0.29, 0.717) is 5.82 Å². The van der Waals surface area contributed by atoms with Crippen LogP contribution in [0.2, 0.25) is 0 Å². The van der Waals surface area contributed by atoms with Crippen molar-refractivity contribution >= 4 is 17.2 Å². The maximum atomic E-state index is 5.20. The summed E-state index contributed by atoms with van der Waals surface area (Å²) in [7, 11) is 0. The SMILES string of the molecule is Nc1cs[c-][nH+]1. The fourth-order valence-corrected chi connectivity index (χ4v) is 0.632. The third-order valence-corrected chi connectivity index (χ3v) is 1.03. The van der Waals surface area contributed by atoms with Gasteiger partial charge in [0.2, 0.25) is 0 Å². The molecular formula is C3H4N2S. The van der Waals surface area contributed by atoms with Gasteiger partial charge in [-0.15, -0.1) is 0 Å². The number of H-pyrrole nitrogens is 1. The van der Waals surface area contributed by atoms with E-state index in [1.165, 1.54) is 11.3 Å². The molecule has 0 radical (unpaired) electrons. The molecule has 1 aromatic rings. The molecule has 0 saturated heterocycles. The zero-order chi connectivity index (χ0) is 4.41. The van der Waals surface area contributed by atoms with Crippen molar-refractivity contribution in [1.82, 2.24) is 0 Å². The zero-order valence-electron chi connectivity index (χ0n) is 3.06. The zero-order valence-corrected chi connectivity index (χ0v) is 3.88. The molecule has 0 amide bonds. The van der Waals surface area contributed by atoms with Crippen molar-refractivity contribution < 1.29 is 4.98 Å². The van der Waals surface area contributed by atoms with Gasteiger partial charge in [0, 0.05) is 0 Å². The van der Waals surface area contributed by atoms with Crippen LogP contribution in [0.4, 0.5) is 5.82 Å². The van der Waals surface area contributed by atoms with Gasteiger partial charge in [-0.05, 0) is 0 Å². The summed E-state index contributed by atoms with van der Waals surface area (Å²) in [6.07, 6.45) is 0. The highest BCUT2D eigenvalue weighted by molar-refractivity contribution is 7.07. The molecule has 0 fully saturated rings.